The van der Waals surface area contributed by atoms with E-state index in [1.165, 1.54) is 12.1 Å². The molecule has 0 aliphatic carbocycles. The molecule has 2 unspecified atom stereocenters. The predicted octanol–water partition coefficient (Wildman–Crippen LogP) is 6.14. The Bertz CT molecular complexity index is 1150. The molecule has 2 heterocycles. The Morgan fingerprint density at radius 1 is 1.05 bits per heavy atom. The zero-order valence-corrected chi connectivity index (χ0v) is 23.9. The van der Waals surface area contributed by atoms with Gasteiger partial charge in [-0.1, -0.05) is 27.2 Å². The van der Waals surface area contributed by atoms with Crippen molar-refractivity contribution < 1.29 is 32.9 Å². The number of unbranched alkanes of at least 4 members (excludes halogenated alkanes) is 1. The Morgan fingerprint density at radius 2 is 1.85 bits per heavy atom. The lowest BCUT2D eigenvalue weighted by Gasteiger charge is -2.38. The van der Waals surface area contributed by atoms with E-state index in [9.17, 15) is 14.3 Å². The van der Waals surface area contributed by atoms with Crippen molar-refractivity contribution in [3.63, 3.8) is 0 Å². The molecule has 2 aromatic carbocycles. The van der Waals surface area contributed by atoms with Crippen LogP contribution in [0, 0.1) is 23.5 Å². The van der Waals surface area contributed by atoms with Gasteiger partial charge >= 0.3 is 5.97 Å². The van der Waals surface area contributed by atoms with E-state index in [2.05, 4.69) is 6.92 Å². The highest BCUT2D eigenvalue weighted by molar-refractivity contribution is 5.69. The minimum Gasteiger partial charge on any atom is -0.494 e. The fourth-order valence-corrected chi connectivity index (χ4v) is 5.82. The Labute approximate surface area is 236 Å². The first kappa shape index (κ1) is 29.9. The summed E-state index contributed by atoms with van der Waals surface area (Å²) in [6.45, 7) is 10.8. The highest BCUT2D eigenvalue weighted by Crippen LogP contribution is 2.36. The normalized spacial score (nSPS) is 24.8. The lowest BCUT2D eigenvalue weighted by Crippen LogP contribution is -2.44. The third-order valence-electron chi connectivity index (χ3n) is 8.11. The first-order valence-corrected chi connectivity index (χ1v) is 14.4. The number of nitrogens with zero attached hydrogens (tertiary/aromatic N) is 2. The van der Waals surface area contributed by atoms with Gasteiger partial charge < -0.3 is 29.1 Å². The lowest BCUT2D eigenvalue weighted by molar-refractivity contribution is -0.137. The molecule has 9 heteroatoms. The average Bonchev–Trinajstić information content (AvgIpc) is 3.22. The summed E-state index contributed by atoms with van der Waals surface area (Å²) in [5.41, 5.74) is 1.12. The number of anilines is 2. The number of aliphatic carboxylic acids is 1. The van der Waals surface area contributed by atoms with Crippen molar-refractivity contribution in [1.29, 1.82) is 0 Å². The van der Waals surface area contributed by atoms with E-state index in [-0.39, 0.29) is 48.1 Å². The lowest BCUT2D eigenvalue weighted by atomic mass is 9.95. The minimum atomic E-state index is -0.888. The van der Waals surface area contributed by atoms with E-state index in [0.717, 1.165) is 12.8 Å². The van der Waals surface area contributed by atoms with Crippen LogP contribution in [0.1, 0.15) is 53.4 Å². The van der Waals surface area contributed by atoms with Crippen molar-refractivity contribution in [1.82, 2.24) is 0 Å². The number of hydrogen-bond acceptors (Lipinski definition) is 6. The summed E-state index contributed by atoms with van der Waals surface area (Å²) < 4.78 is 47.7. The van der Waals surface area contributed by atoms with Crippen LogP contribution in [0.5, 0.6) is 11.5 Å². The molecule has 0 bridgehead atoms. The van der Waals surface area contributed by atoms with Gasteiger partial charge in [-0.2, -0.15) is 0 Å². The molecule has 2 aromatic rings. The molecular weight excluding hydrogens is 518 g/mol. The number of carboxylic acid groups (broad SMARTS) is 1. The van der Waals surface area contributed by atoms with Gasteiger partial charge in [0.15, 0.2) is 11.6 Å². The summed E-state index contributed by atoms with van der Waals surface area (Å²) in [5.74, 6) is -0.853. The van der Waals surface area contributed by atoms with Crippen LogP contribution in [0.3, 0.4) is 0 Å². The Hall–Kier alpha value is -3.07. The van der Waals surface area contributed by atoms with Crippen LogP contribution >= 0.6 is 0 Å². The second-order valence-corrected chi connectivity index (χ2v) is 11.0. The number of halogens is 2. The van der Waals surface area contributed by atoms with Crippen LogP contribution in [0.15, 0.2) is 36.4 Å². The second kappa shape index (κ2) is 13.5. The van der Waals surface area contributed by atoms with Gasteiger partial charge in [-0.15, -0.1) is 0 Å². The largest absolute Gasteiger partial charge is 0.494 e. The summed E-state index contributed by atoms with van der Waals surface area (Å²) >= 11 is 0. The van der Waals surface area contributed by atoms with Crippen molar-refractivity contribution >= 4 is 17.3 Å². The van der Waals surface area contributed by atoms with Crippen LogP contribution in [0.4, 0.5) is 20.2 Å². The van der Waals surface area contributed by atoms with Crippen LogP contribution in [0.2, 0.25) is 0 Å². The first-order valence-electron chi connectivity index (χ1n) is 14.4. The van der Waals surface area contributed by atoms with Gasteiger partial charge in [-0.3, -0.25) is 4.79 Å². The van der Waals surface area contributed by atoms with E-state index in [1.807, 2.05) is 30.6 Å². The average molecular weight is 561 g/mol. The Morgan fingerprint density at radius 3 is 2.52 bits per heavy atom. The molecule has 2 fully saturated rings. The number of ether oxygens (including phenoxy) is 3. The molecule has 7 nitrogen and oxygen atoms in total. The van der Waals surface area contributed by atoms with E-state index in [1.54, 1.807) is 24.3 Å². The van der Waals surface area contributed by atoms with Gasteiger partial charge in [0, 0.05) is 68.4 Å². The maximum atomic E-state index is 15.4. The Balaban J connectivity index is 1.42. The minimum absolute atomic E-state index is 0.00274. The van der Waals surface area contributed by atoms with Crippen LogP contribution in [0.25, 0.3) is 0 Å². The molecule has 1 N–H and O–H groups in total. The molecule has 0 aromatic heterocycles. The summed E-state index contributed by atoms with van der Waals surface area (Å²) in [4.78, 5) is 15.5. The third kappa shape index (κ3) is 6.97. The fraction of sp³-hybridized carbons (Fsp3) is 0.581. The van der Waals surface area contributed by atoms with Crippen LogP contribution < -0.4 is 19.3 Å². The summed E-state index contributed by atoms with van der Waals surface area (Å²) in [5, 5.41) is 9.51. The maximum absolute atomic E-state index is 15.4. The molecule has 220 valence electrons. The van der Waals surface area contributed by atoms with Gasteiger partial charge in [0.2, 0.25) is 0 Å². The monoisotopic (exact) mass is 560 g/mol. The SMILES string of the molecule is CCCCO[C@H]1CN(c2ccc(OC3CCN(c4cc(OCC)ccc4F)CC3C)c(F)c2)[C@@H](CC(=O)O)[C@@H]1C. The van der Waals surface area contributed by atoms with Gasteiger partial charge in [0.25, 0.3) is 0 Å². The second-order valence-electron chi connectivity index (χ2n) is 11.0. The van der Waals surface area contributed by atoms with Gasteiger partial charge in [0.05, 0.1) is 24.8 Å². The quantitative estimate of drug-likeness (QED) is 0.313. The highest BCUT2D eigenvalue weighted by atomic mass is 19.1. The number of hydrogen-bond donors (Lipinski definition) is 1. The predicted molar refractivity (Wildman–Crippen MR) is 152 cm³/mol. The molecule has 4 rings (SSSR count). The number of rotatable bonds is 12. The fourth-order valence-electron chi connectivity index (χ4n) is 5.82. The third-order valence-corrected chi connectivity index (χ3v) is 8.11. The summed E-state index contributed by atoms with van der Waals surface area (Å²) in [7, 11) is 0. The standard InChI is InChI=1S/C31H42F2N2O5/c1-5-7-14-39-30-19-35(26(21(30)4)17-31(36)37)22-8-11-29(25(33)15-22)40-28-12-13-34(18-20(28)3)27-16-23(38-6-2)9-10-24(27)32/h8-11,15-16,20-21,26,28,30H,5-7,12-14,17-19H2,1-4H3,(H,36,37)/t20?,21-,26-,28?,30-/m0/s1. The number of carboxylic acids is 1. The topological polar surface area (TPSA) is 71.5 Å². The molecular formula is C31H42F2N2O5. The number of piperidine rings is 1. The smallest absolute Gasteiger partial charge is 0.305 e. The van der Waals surface area contributed by atoms with Crippen molar-refractivity contribution in [2.75, 3.05) is 42.6 Å². The molecule has 40 heavy (non-hydrogen) atoms. The van der Waals surface area contributed by atoms with Crippen LogP contribution in [-0.4, -0.2) is 62.2 Å². The Kier molecular flexibility index (Phi) is 10.1. The van der Waals surface area contributed by atoms with E-state index in [0.29, 0.717) is 56.4 Å². The van der Waals surface area contributed by atoms with Crippen molar-refractivity contribution in [3.05, 3.63) is 48.0 Å². The van der Waals surface area contributed by atoms with E-state index >= 15 is 4.39 Å². The van der Waals surface area contributed by atoms with Gasteiger partial charge in [0.1, 0.15) is 17.7 Å². The highest BCUT2D eigenvalue weighted by Gasteiger charge is 2.41. The van der Waals surface area contributed by atoms with Crippen LogP contribution in [-0.2, 0) is 9.53 Å². The zero-order valence-electron chi connectivity index (χ0n) is 23.9. The molecule has 2 aliphatic heterocycles. The summed E-state index contributed by atoms with van der Waals surface area (Å²) in [6.07, 6.45) is 2.20. The molecule has 0 amide bonds. The first-order chi connectivity index (χ1) is 19.2. The molecule has 2 aliphatic rings. The molecule has 5 atom stereocenters. The van der Waals surface area contributed by atoms with E-state index in [4.69, 9.17) is 14.2 Å². The number of carbonyl (C=O) groups is 1. The number of benzene rings is 2. The zero-order chi connectivity index (χ0) is 28.8. The van der Waals surface area contributed by atoms with Crippen molar-refractivity contribution in [3.8, 4) is 11.5 Å². The maximum Gasteiger partial charge on any atom is 0.305 e. The van der Waals surface area contributed by atoms with Gasteiger partial charge in [-0.25, -0.2) is 8.78 Å². The molecule has 2 saturated heterocycles. The molecule has 0 spiro atoms. The van der Waals surface area contributed by atoms with E-state index < -0.39 is 11.8 Å². The molecule has 0 radical (unpaired) electrons. The van der Waals surface area contributed by atoms with Gasteiger partial charge in [-0.05, 0) is 37.6 Å². The summed E-state index contributed by atoms with van der Waals surface area (Å²) in [6, 6.07) is 9.33. The van der Waals surface area contributed by atoms with Crippen molar-refractivity contribution in [2.45, 2.75) is 71.6 Å². The molecule has 0 saturated carbocycles. The van der Waals surface area contributed by atoms with Crippen molar-refractivity contribution in [2.24, 2.45) is 11.8 Å².